The van der Waals surface area contributed by atoms with Crippen LogP contribution in [0.2, 0.25) is 5.02 Å². The van der Waals surface area contributed by atoms with Gasteiger partial charge in [-0.05, 0) is 32.0 Å². The van der Waals surface area contributed by atoms with Gasteiger partial charge in [0.05, 0.1) is 17.3 Å². The van der Waals surface area contributed by atoms with Crippen LogP contribution in [0.3, 0.4) is 0 Å². The van der Waals surface area contributed by atoms with E-state index in [0.717, 1.165) is 25.9 Å². The predicted octanol–water partition coefficient (Wildman–Crippen LogP) is 1.40. The molecule has 23 heavy (non-hydrogen) atoms. The number of pyridine rings is 1. The second-order valence-corrected chi connectivity index (χ2v) is 6.36. The molecule has 1 saturated heterocycles. The maximum atomic E-state index is 12.1. The van der Waals surface area contributed by atoms with Gasteiger partial charge in [0.1, 0.15) is 5.65 Å². The average molecular weight is 335 g/mol. The van der Waals surface area contributed by atoms with Crippen LogP contribution >= 0.6 is 11.6 Å². The molecule has 2 aromatic rings. The monoisotopic (exact) mass is 334 g/mol. The third-order valence-corrected chi connectivity index (χ3v) is 4.20. The fourth-order valence-electron chi connectivity index (χ4n) is 2.84. The molecule has 7 heteroatoms. The van der Waals surface area contributed by atoms with Crippen molar-refractivity contribution >= 4 is 23.2 Å². The highest BCUT2D eigenvalue weighted by Gasteiger charge is 2.19. The number of nitrogens with zero attached hydrogens (tertiary/aromatic N) is 4. The Hall–Kier alpha value is -1.92. The Morgan fingerprint density at radius 3 is 2.83 bits per heavy atom. The molecule has 0 bridgehead atoms. The molecule has 0 atom stereocenters. The maximum Gasteiger partial charge on any atom is 0.258 e. The van der Waals surface area contributed by atoms with E-state index in [2.05, 4.69) is 4.98 Å². The molecule has 122 valence electrons. The Morgan fingerprint density at radius 1 is 1.35 bits per heavy atom. The van der Waals surface area contributed by atoms with E-state index in [4.69, 9.17) is 11.6 Å². The Kier molecular flexibility index (Phi) is 4.63. The van der Waals surface area contributed by atoms with E-state index >= 15 is 0 Å². The number of rotatable bonds is 4. The van der Waals surface area contributed by atoms with Crippen molar-refractivity contribution in [1.82, 2.24) is 19.2 Å². The largest absolute Gasteiger partial charge is 0.342 e. The van der Waals surface area contributed by atoms with Crippen LogP contribution < -0.4 is 5.56 Å². The van der Waals surface area contributed by atoms with E-state index in [9.17, 15) is 9.59 Å². The highest BCUT2D eigenvalue weighted by molar-refractivity contribution is 6.30. The lowest BCUT2D eigenvalue weighted by atomic mass is 10.3. The van der Waals surface area contributed by atoms with Gasteiger partial charge in [-0.2, -0.15) is 0 Å². The van der Waals surface area contributed by atoms with Gasteiger partial charge in [-0.3, -0.25) is 18.9 Å². The van der Waals surface area contributed by atoms with Gasteiger partial charge in [0, 0.05) is 31.9 Å². The van der Waals surface area contributed by atoms with E-state index in [0.29, 0.717) is 29.5 Å². The minimum atomic E-state index is -0.174. The number of hydrogen-bond acceptors (Lipinski definition) is 4. The summed E-state index contributed by atoms with van der Waals surface area (Å²) in [6.07, 6.45) is 3.72. The molecule has 0 N–H and O–H groups in total. The van der Waals surface area contributed by atoms with E-state index in [1.54, 1.807) is 18.3 Å². The van der Waals surface area contributed by atoms with Crippen LogP contribution in [0.4, 0.5) is 0 Å². The molecule has 0 aromatic carbocycles. The molecule has 1 amide bonds. The van der Waals surface area contributed by atoms with Crippen LogP contribution in [0, 0.1) is 0 Å². The molecule has 0 saturated carbocycles. The Morgan fingerprint density at radius 2 is 2.09 bits per heavy atom. The summed E-state index contributed by atoms with van der Waals surface area (Å²) in [5, 5.41) is 0.488. The lowest BCUT2D eigenvalue weighted by Gasteiger charge is -2.20. The van der Waals surface area contributed by atoms with Gasteiger partial charge in [0.2, 0.25) is 5.91 Å². The molecule has 2 aromatic heterocycles. The third-order valence-electron chi connectivity index (χ3n) is 3.97. The van der Waals surface area contributed by atoms with E-state index < -0.39 is 0 Å². The normalized spacial score (nSPS) is 14.8. The quantitative estimate of drug-likeness (QED) is 0.848. The molecule has 3 heterocycles. The van der Waals surface area contributed by atoms with Crippen molar-refractivity contribution in [3.63, 3.8) is 0 Å². The molecule has 6 nitrogen and oxygen atoms in total. The molecule has 1 fully saturated rings. The first-order chi connectivity index (χ1) is 11.0. The lowest BCUT2D eigenvalue weighted by molar-refractivity contribution is -0.131. The van der Waals surface area contributed by atoms with Crippen LogP contribution in [0.25, 0.3) is 5.65 Å². The van der Waals surface area contributed by atoms with E-state index in [-0.39, 0.29) is 11.5 Å². The van der Waals surface area contributed by atoms with Crippen molar-refractivity contribution in [3.05, 3.63) is 45.5 Å². The number of amides is 1. The first kappa shape index (κ1) is 16.0. The average Bonchev–Trinajstić information content (AvgIpc) is 3.02. The van der Waals surface area contributed by atoms with Crippen LogP contribution in [-0.4, -0.2) is 51.8 Å². The SMILES string of the molecule is CN(CC(=O)N1CCCC1)Cc1cc(=O)n2cc(Cl)ccc2n1. The Labute approximate surface area is 139 Å². The first-order valence-electron chi connectivity index (χ1n) is 7.67. The van der Waals surface area contributed by atoms with Crippen LogP contribution in [0.5, 0.6) is 0 Å². The number of carbonyl (C=O) groups excluding carboxylic acids is 1. The predicted molar refractivity (Wildman–Crippen MR) is 88.6 cm³/mol. The third kappa shape index (κ3) is 3.71. The molecule has 0 aliphatic carbocycles. The molecule has 0 spiro atoms. The molecule has 1 aliphatic heterocycles. The summed E-state index contributed by atoms with van der Waals surface area (Å²) < 4.78 is 1.42. The summed E-state index contributed by atoms with van der Waals surface area (Å²) in [6.45, 7) is 2.49. The Balaban J connectivity index is 1.72. The summed E-state index contributed by atoms with van der Waals surface area (Å²) in [6, 6.07) is 4.90. The maximum absolute atomic E-state index is 12.1. The van der Waals surface area contributed by atoms with E-state index in [1.165, 1.54) is 10.5 Å². The van der Waals surface area contributed by atoms with Gasteiger partial charge >= 0.3 is 0 Å². The molecule has 3 rings (SSSR count). The van der Waals surface area contributed by atoms with Gasteiger partial charge in [-0.15, -0.1) is 0 Å². The van der Waals surface area contributed by atoms with Crippen molar-refractivity contribution in [2.45, 2.75) is 19.4 Å². The number of likely N-dealkylation sites (tertiary alicyclic amines) is 1. The zero-order chi connectivity index (χ0) is 16.4. The molecule has 0 radical (unpaired) electrons. The summed E-state index contributed by atoms with van der Waals surface area (Å²) in [5.41, 5.74) is 1.02. The van der Waals surface area contributed by atoms with Gasteiger partial charge in [0.25, 0.3) is 5.56 Å². The van der Waals surface area contributed by atoms with Gasteiger partial charge in [-0.25, -0.2) is 4.98 Å². The van der Waals surface area contributed by atoms with Gasteiger partial charge < -0.3 is 4.90 Å². The number of halogens is 1. The number of fused-ring (bicyclic) bond motifs is 1. The number of aromatic nitrogens is 2. The van der Waals surface area contributed by atoms with E-state index in [1.807, 2.05) is 16.8 Å². The lowest BCUT2D eigenvalue weighted by Crippen LogP contribution is -2.37. The van der Waals surface area contributed by atoms with Crippen molar-refractivity contribution in [3.8, 4) is 0 Å². The van der Waals surface area contributed by atoms with Crippen molar-refractivity contribution in [1.29, 1.82) is 0 Å². The minimum Gasteiger partial charge on any atom is -0.342 e. The molecule has 1 aliphatic rings. The summed E-state index contributed by atoms with van der Waals surface area (Å²) >= 11 is 5.90. The second kappa shape index (κ2) is 6.68. The zero-order valence-corrected chi connectivity index (χ0v) is 13.8. The van der Waals surface area contributed by atoms with Crippen LogP contribution in [-0.2, 0) is 11.3 Å². The fourth-order valence-corrected chi connectivity index (χ4v) is 3.00. The zero-order valence-electron chi connectivity index (χ0n) is 13.0. The number of hydrogen-bond donors (Lipinski definition) is 0. The summed E-state index contributed by atoms with van der Waals surface area (Å²) in [4.78, 5) is 32.5. The molecular formula is C16H19ClN4O2. The second-order valence-electron chi connectivity index (χ2n) is 5.92. The minimum absolute atomic E-state index is 0.134. The first-order valence-corrected chi connectivity index (χ1v) is 8.05. The Bertz CT molecular complexity index is 783. The topological polar surface area (TPSA) is 57.9 Å². The highest BCUT2D eigenvalue weighted by Crippen LogP contribution is 2.10. The van der Waals surface area contributed by atoms with Gasteiger partial charge in [0.15, 0.2) is 0 Å². The summed E-state index contributed by atoms with van der Waals surface area (Å²) in [7, 11) is 1.86. The van der Waals surface area contributed by atoms with Gasteiger partial charge in [-0.1, -0.05) is 11.6 Å². The number of carbonyl (C=O) groups is 1. The number of likely N-dealkylation sites (N-methyl/N-ethyl adjacent to an activating group) is 1. The smallest absolute Gasteiger partial charge is 0.258 e. The van der Waals surface area contributed by atoms with Crippen molar-refractivity contribution in [2.75, 3.05) is 26.7 Å². The van der Waals surface area contributed by atoms with Crippen LogP contribution in [0.15, 0.2) is 29.2 Å². The highest BCUT2D eigenvalue weighted by atomic mass is 35.5. The van der Waals surface area contributed by atoms with Crippen molar-refractivity contribution < 1.29 is 4.79 Å². The molecular weight excluding hydrogens is 316 g/mol. The molecule has 0 unspecified atom stereocenters. The standard InChI is InChI=1S/C16H19ClN4O2/c1-19(11-16(23)20-6-2-3-7-20)10-13-8-15(22)21-9-12(17)4-5-14(21)18-13/h4-5,8-9H,2-3,6-7,10-11H2,1H3. The van der Waals surface area contributed by atoms with Crippen molar-refractivity contribution in [2.24, 2.45) is 0 Å². The summed E-state index contributed by atoms with van der Waals surface area (Å²) in [5.74, 6) is 0.134. The van der Waals surface area contributed by atoms with Crippen LogP contribution in [0.1, 0.15) is 18.5 Å². The fraction of sp³-hybridized carbons (Fsp3) is 0.438.